The number of hydrogen-bond acceptors (Lipinski definition) is 0. The van der Waals surface area contributed by atoms with Crippen LogP contribution in [0.5, 0.6) is 0 Å². The van der Waals surface area contributed by atoms with E-state index in [-0.39, 0.29) is 80.5 Å². The van der Waals surface area contributed by atoms with Crippen LogP contribution in [0.15, 0.2) is 157 Å². The summed E-state index contributed by atoms with van der Waals surface area (Å²) in [5.74, 6) is 0. The third kappa shape index (κ3) is 3.54. The molecule has 0 unspecified atom stereocenters. The molecule has 0 aromatic heterocycles. The second-order valence-corrected chi connectivity index (χ2v) is 9.50. The molecule has 0 fully saturated rings. The first-order valence-electron chi connectivity index (χ1n) is 18.9. The van der Waals surface area contributed by atoms with Gasteiger partial charge < -0.3 is 0 Å². The van der Waals surface area contributed by atoms with Gasteiger partial charge in [-0.15, -0.1) is 0 Å². The normalized spacial score (nSPS) is 15.7. The molecule has 8 aromatic rings. The van der Waals surface area contributed by atoms with Crippen molar-refractivity contribution in [3.63, 3.8) is 0 Å². The third-order valence-corrected chi connectivity index (χ3v) is 7.30. The summed E-state index contributed by atoms with van der Waals surface area (Å²) in [4.78, 5) is 0. The van der Waals surface area contributed by atoms with Crippen molar-refractivity contribution < 1.29 is 16.4 Å². The molecule has 0 spiro atoms. The second kappa shape index (κ2) is 9.22. The Balaban J connectivity index is 1.58. The average molecular weight is 519 g/mol. The molecule has 0 aliphatic heterocycles. The number of rotatable bonds is 3. The van der Waals surface area contributed by atoms with Gasteiger partial charge in [0, 0.05) is 0 Å². The molecule has 0 heterocycles. The minimum absolute atomic E-state index is 0.00127. The van der Waals surface area contributed by atoms with Crippen molar-refractivity contribution in [2.75, 3.05) is 0 Å². The topological polar surface area (TPSA) is 0 Å². The Kier molecular flexibility index (Phi) is 3.17. The summed E-state index contributed by atoms with van der Waals surface area (Å²) < 4.78 is 106. The van der Waals surface area contributed by atoms with E-state index in [1.54, 1.807) is 48.5 Å². The van der Waals surface area contributed by atoms with Crippen LogP contribution in [0.2, 0.25) is 0 Å². The Morgan fingerprint density at radius 3 is 1.60 bits per heavy atom. The predicted molar refractivity (Wildman–Crippen MR) is 173 cm³/mol. The van der Waals surface area contributed by atoms with E-state index in [4.69, 9.17) is 13.7 Å². The number of hydrogen-bond donors (Lipinski definition) is 0. The summed E-state index contributed by atoms with van der Waals surface area (Å²) >= 11 is 0. The molecule has 0 bridgehead atoms. The fraction of sp³-hybridized carbons (Fsp3) is 0. The largest absolute Gasteiger partial charge is 0.0636 e. The zero-order chi connectivity index (χ0) is 36.9. The van der Waals surface area contributed by atoms with Crippen molar-refractivity contribution >= 4 is 43.1 Å². The maximum atomic E-state index is 9.22. The summed E-state index contributed by atoms with van der Waals surface area (Å²) in [6.45, 7) is 0. The lowest BCUT2D eigenvalue weighted by Crippen LogP contribution is -1.92. The summed E-state index contributed by atoms with van der Waals surface area (Å²) in [7, 11) is 0. The van der Waals surface area contributed by atoms with Gasteiger partial charge in [-0.2, -0.15) is 0 Å². The monoisotopic (exact) mass is 518 g/mol. The van der Waals surface area contributed by atoms with Crippen LogP contribution in [0, 0.1) is 0 Å². The average Bonchev–Trinajstić information content (AvgIpc) is 3.15. The molecule has 8 rings (SSSR count). The highest BCUT2D eigenvalue weighted by Crippen LogP contribution is 2.46. The van der Waals surface area contributed by atoms with Crippen LogP contribution in [0.1, 0.15) is 16.4 Å². The van der Waals surface area contributed by atoms with E-state index in [1.165, 1.54) is 24.3 Å². The zero-order valence-corrected chi connectivity index (χ0v) is 21.1. The van der Waals surface area contributed by atoms with Gasteiger partial charge in [0.05, 0.1) is 16.4 Å². The molecule has 40 heavy (non-hydrogen) atoms. The van der Waals surface area contributed by atoms with Crippen molar-refractivity contribution in [1.29, 1.82) is 0 Å². The lowest BCUT2D eigenvalue weighted by atomic mass is 9.84. The summed E-state index contributed by atoms with van der Waals surface area (Å²) in [5, 5.41) is 2.93. The maximum absolute atomic E-state index is 9.22. The fourth-order valence-corrected chi connectivity index (χ4v) is 5.60. The molecule has 0 aliphatic carbocycles. The Morgan fingerprint density at radius 1 is 0.350 bits per heavy atom. The first-order chi connectivity index (χ1) is 24.8. The van der Waals surface area contributed by atoms with E-state index in [2.05, 4.69) is 0 Å². The lowest BCUT2D eigenvalue weighted by molar-refractivity contribution is 1.65. The smallest absolute Gasteiger partial charge is 0.0622 e. The molecular weight excluding hydrogens is 480 g/mol. The number of benzene rings is 8. The van der Waals surface area contributed by atoms with E-state index >= 15 is 0 Å². The molecule has 0 N–H and O–H groups in total. The highest BCUT2D eigenvalue weighted by molar-refractivity contribution is 6.24. The predicted octanol–water partition coefficient (Wildman–Crippen LogP) is 11.3. The van der Waals surface area contributed by atoms with Gasteiger partial charge in [-0.1, -0.05) is 151 Å². The van der Waals surface area contributed by atoms with E-state index < -0.39 is 30.2 Å². The molecular formula is C40H26. The van der Waals surface area contributed by atoms with E-state index in [9.17, 15) is 2.74 Å². The van der Waals surface area contributed by atoms with Gasteiger partial charge >= 0.3 is 0 Å². The quantitative estimate of drug-likeness (QED) is 0.204. The molecule has 0 saturated carbocycles. The van der Waals surface area contributed by atoms with Crippen LogP contribution < -0.4 is 0 Å². The van der Waals surface area contributed by atoms with Crippen LogP contribution >= 0.6 is 0 Å². The van der Waals surface area contributed by atoms with Crippen molar-refractivity contribution in [2.24, 2.45) is 0 Å². The Hall–Kier alpha value is -5.20. The molecule has 0 radical (unpaired) electrons. The van der Waals surface area contributed by atoms with Gasteiger partial charge in [0.1, 0.15) is 0 Å². The van der Waals surface area contributed by atoms with Crippen LogP contribution in [-0.4, -0.2) is 0 Å². The van der Waals surface area contributed by atoms with Gasteiger partial charge in [-0.3, -0.25) is 0 Å². The first-order valence-corrected chi connectivity index (χ1v) is 12.9. The molecule has 0 saturated heterocycles. The highest BCUT2D eigenvalue weighted by atomic mass is 14.2. The van der Waals surface area contributed by atoms with E-state index in [1.807, 2.05) is 12.1 Å². The molecule has 0 heteroatoms. The van der Waals surface area contributed by atoms with E-state index in [0.29, 0.717) is 38.2 Å². The number of fused-ring (bicyclic) bond motifs is 4. The minimum Gasteiger partial charge on any atom is -0.0622 e. The second-order valence-electron chi connectivity index (χ2n) is 9.50. The minimum atomic E-state index is -0.592. The van der Waals surface area contributed by atoms with Crippen LogP contribution in [0.4, 0.5) is 0 Å². The van der Waals surface area contributed by atoms with Crippen molar-refractivity contribution in [2.45, 2.75) is 0 Å². The molecule has 0 aliphatic rings. The van der Waals surface area contributed by atoms with Crippen molar-refractivity contribution in [3.05, 3.63) is 157 Å². The molecule has 0 nitrogen and oxygen atoms in total. The van der Waals surface area contributed by atoms with Crippen molar-refractivity contribution in [1.82, 2.24) is 0 Å². The summed E-state index contributed by atoms with van der Waals surface area (Å²) in [6.07, 6.45) is 0. The van der Waals surface area contributed by atoms with Gasteiger partial charge in [0.25, 0.3) is 0 Å². The third-order valence-electron chi connectivity index (χ3n) is 7.30. The highest BCUT2D eigenvalue weighted by Gasteiger charge is 2.18. The maximum Gasteiger partial charge on any atom is 0.0636 e. The van der Waals surface area contributed by atoms with Gasteiger partial charge in [0.15, 0.2) is 0 Å². The van der Waals surface area contributed by atoms with Gasteiger partial charge in [-0.25, -0.2) is 0 Å². The van der Waals surface area contributed by atoms with Crippen LogP contribution in [0.25, 0.3) is 76.5 Å². The molecule has 8 aromatic carbocycles. The lowest BCUT2D eigenvalue weighted by Gasteiger charge is -2.19. The standard InChI is InChI=1S/C40H26/c1-2-13-28(14-3-1)39-35-16-6-8-18-37(35)40(38-19-9-7-17-36(38)39)34-23-11-21-32-31(20-10-22-33(32)34)30-25-24-27-12-4-5-15-29(27)26-30/h1-26H/i1D,2D,3D,13D,14D,16D,17D,18D,19D,24D,25D,26D. The summed E-state index contributed by atoms with van der Waals surface area (Å²) in [5.41, 5.74) is 1.50. The summed E-state index contributed by atoms with van der Waals surface area (Å²) in [6, 6.07) is 20.5. The van der Waals surface area contributed by atoms with E-state index in [0.717, 1.165) is 0 Å². The fourth-order valence-electron chi connectivity index (χ4n) is 5.60. The van der Waals surface area contributed by atoms with Gasteiger partial charge in [0.2, 0.25) is 0 Å². The van der Waals surface area contributed by atoms with Crippen LogP contribution in [0.3, 0.4) is 0 Å². The van der Waals surface area contributed by atoms with Crippen LogP contribution in [-0.2, 0) is 0 Å². The Morgan fingerprint density at radius 2 is 0.925 bits per heavy atom. The molecule has 0 atom stereocenters. The first kappa shape index (κ1) is 13.7. The molecule has 0 amide bonds. The SMILES string of the molecule is [2H]c1c([2H])c([2H])c(-c2c3c([2H])ccc([2H])c3c(-c3cccc4c(-c5c([2H])c([2H])c6ccccc6c5[2H])cccc34)c3c([2H])ccc([2H])c23)c([2H])c1[2H]. The zero-order valence-electron chi connectivity index (χ0n) is 33.1. The Labute approximate surface area is 250 Å². The van der Waals surface area contributed by atoms with Crippen molar-refractivity contribution in [3.8, 4) is 33.4 Å². The Bertz CT molecular complexity index is 2780. The molecule has 186 valence electrons. The van der Waals surface area contributed by atoms with Gasteiger partial charge in [-0.05, 0) is 82.5 Å².